The second-order valence-electron chi connectivity index (χ2n) is 3.69. The van der Waals surface area contributed by atoms with Gasteiger partial charge in [0.1, 0.15) is 6.04 Å². The minimum Gasteiger partial charge on any atom is -0.464 e. The summed E-state index contributed by atoms with van der Waals surface area (Å²) in [4.78, 5) is 25.2. The summed E-state index contributed by atoms with van der Waals surface area (Å²) in [5, 5.41) is -0.224. The van der Waals surface area contributed by atoms with E-state index in [1.807, 2.05) is 0 Å². The zero-order valence-corrected chi connectivity index (χ0v) is 11.2. The summed E-state index contributed by atoms with van der Waals surface area (Å²) in [6, 6.07) is -0.393. The van der Waals surface area contributed by atoms with Crippen LogP contribution in [0.2, 0.25) is 0 Å². The SMILES string of the molecule is CCOC(=O)[C@@H]1CCCN1C(=O)C(C)SS. The van der Waals surface area contributed by atoms with Crippen molar-refractivity contribution in [2.75, 3.05) is 13.2 Å². The number of hydrogen-bond acceptors (Lipinski definition) is 5. The van der Waals surface area contributed by atoms with E-state index in [0.717, 1.165) is 6.42 Å². The third-order valence-corrected chi connectivity index (χ3v) is 4.07. The normalized spacial score (nSPS) is 21.9. The van der Waals surface area contributed by atoms with Crippen molar-refractivity contribution >= 4 is 34.3 Å². The van der Waals surface area contributed by atoms with Crippen LogP contribution < -0.4 is 0 Å². The molecule has 0 aliphatic carbocycles. The maximum Gasteiger partial charge on any atom is 0.328 e. The quantitative estimate of drug-likeness (QED) is 0.474. The van der Waals surface area contributed by atoms with Gasteiger partial charge in [-0.05, 0) is 26.7 Å². The summed E-state index contributed by atoms with van der Waals surface area (Å²) in [5.41, 5.74) is 0. The van der Waals surface area contributed by atoms with Crippen LogP contribution in [-0.4, -0.2) is 41.2 Å². The predicted octanol–water partition coefficient (Wildman–Crippen LogP) is 1.51. The molecular formula is C10H17NO3S2. The summed E-state index contributed by atoms with van der Waals surface area (Å²) in [5.74, 6) is -0.319. The number of likely N-dealkylation sites (tertiary alicyclic amines) is 1. The lowest BCUT2D eigenvalue weighted by Gasteiger charge is -2.25. The molecule has 92 valence electrons. The minimum atomic E-state index is -0.393. The molecule has 0 aromatic heterocycles. The highest BCUT2D eigenvalue weighted by Gasteiger charge is 2.36. The summed E-state index contributed by atoms with van der Waals surface area (Å²) < 4.78 is 4.96. The fourth-order valence-electron chi connectivity index (χ4n) is 1.79. The van der Waals surface area contributed by atoms with Crippen LogP contribution in [0, 0.1) is 0 Å². The molecule has 1 unspecified atom stereocenters. The first-order valence-electron chi connectivity index (χ1n) is 5.39. The van der Waals surface area contributed by atoms with Crippen LogP contribution in [0.4, 0.5) is 0 Å². The summed E-state index contributed by atoms with van der Waals surface area (Å²) >= 11 is 4.02. The lowest BCUT2D eigenvalue weighted by atomic mass is 10.2. The monoisotopic (exact) mass is 263 g/mol. The van der Waals surface area contributed by atoms with Crippen molar-refractivity contribution in [2.45, 2.75) is 38.0 Å². The average molecular weight is 263 g/mol. The zero-order valence-electron chi connectivity index (χ0n) is 9.51. The molecule has 0 bridgehead atoms. The van der Waals surface area contributed by atoms with Crippen LogP contribution in [0.1, 0.15) is 26.7 Å². The van der Waals surface area contributed by atoms with Gasteiger partial charge < -0.3 is 9.64 Å². The van der Waals surface area contributed by atoms with Crippen LogP contribution in [0.3, 0.4) is 0 Å². The van der Waals surface area contributed by atoms with Gasteiger partial charge in [-0.15, -0.1) is 11.7 Å². The van der Waals surface area contributed by atoms with E-state index in [4.69, 9.17) is 4.74 Å². The fourth-order valence-corrected chi connectivity index (χ4v) is 2.29. The second kappa shape index (κ2) is 6.39. The Balaban J connectivity index is 2.65. The van der Waals surface area contributed by atoms with E-state index in [1.165, 1.54) is 10.8 Å². The molecule has 0 aromatic rings. The van der Waals surface area contributed by atoms with Crippen LogP contribution in [0.25, 0.3) is 0 Å². The zero-order chi connectivity index (χ0) is 12.1. The Bertz CT molecular complexity index is 273. The standard InChI is InChI=1S/C10H17NO3S2/c1-3-14-10(13)8-5-4-6-11(8)9(12)7(2)16-15/h7-8,15H,3-6H2,1-2H3/t7?,8-/m0/s1. The third-order valence-electron chi connectivity index (χ3n) is 2.60. The van der Waals surface area contributed by atoms with E-state index >= 15 is 0 Å². The average Bonchev–Trinajstić information content (AvgIpc) is 2.76. The van der Waals surface area contributed by atoms with Crippen molar-refractivity contribution in [3.05, 3.63) is 0 Å². The van der Waals surface area contributed by atoms with Crippen LogP contribution in [0.5, 0.6) is 0 Å². The van der Waals surface area contributed by atoms with Gasteiger partial charge in [0.05, 0.1) is 11.9 Å². The Kier molecular flexibility index (Phi) is 5.48. The smallest absolute Gasteiger partial charge is 0.328 e. The van der Waals surface area contributed by atoms with Crippen LogP contribution in [-0.2, 0) is 14.3 Å². The molecule has 1 aliphatic rings. The molecular weight excluding hydrogens is 246 g/mol. The van der Waals surface area contributed by atoms with Crippen molar-refractivity contribution < 1.29 is 14.3 Å². The molecule has 1 aliphatic heterocycles. The number of rotatable bonds is 4. The number of amides is 1. The number of carbonyl (C=O) groups is 2. The Morgan fingerprint density at radius 2 is 2.31 bits per heavy atom. The molecule has 6 heteroatoms. The molecule has 1 heterocycles. The number of nitrogens with zero attached hydrogens (tertiary/aromatic N) is 1. The number of thiol groups is 1. The van der Waals surface area contributed by atoms with Gasteiger partial charge in [0, 0.05) is 6.54 Å². The highest BCUT2D eigenvalue weighted by Crippen LogP contribution is 2.24. The van der Waals surface area contributed by atoms with E-state index in [0.29, 0.717) is 19.6 Å². The number of hydrogen-bond donors (Lipinski definition) is 1. The summed E-state index contributed by atoms with van der Waals surface area (Å²) in [6.45, 7) is 4.56. The molecule has 1 fully saturated rings. The fraction of sp³-hybridized carbons (Fsp3) is 0.800. The van der Waals surface area contributed by atoms with Crippen LogP contribution >= 0.6 is 22.5 Å². The maximum atomic E-state index is 11.9. The van der Waals surface area contributed by atoms with E-state index < -0.39 is 6.04 Å². The summed E-state index contributed by atoms with van der Waals surface area (Å²) in [6.07, 6.45) is 1.56. The first kappa shape index (κ1) is 13.7. The van der Waals surface area contributed by atoms with Gasteiger partial charge >= 0.3 is 5.97 Å². The number of ether oxygens (including phenoxy) is 1. The van der Waals surface area contributed by atoms with Gasteiger partial charge in [-0.2, -0.15) is 0 Å². The maximum absolute atomic E-state index is 11.9. The number of carbonyl (C=O) groups excluding carboxylic acids is 2. The Hall–Kier alpha value is -0.360. The van der Waals surface area contributed by atoms with Gasteiger partial charge in [0.25, 0.3) is 0 Å². The predicted molar refractivity (Wildman–Crippen MR) is 67.4 cm³/mol. The lowest BCUT2D eigenvalue weighted by Crippen LogP contribution is -2.44. The molecule has 1 rings (SSSR count). The highest BCUT2D eigenvalue weighted by atomic mass is 33.1. The van der Waals surface area contributed by atoms with Gasteiger partial charge in [-0.3, -0.25) is 4.79 Å². The van der Waals surface area contributed by atoms with E-state index in [-0.39, 0.29) is 17.1 Å². The number of esters is 1. The lowest BCUT2D eigenvalue weighted by molar-refractivity contribution is -0.152. The summed E-state index contributed by atoms with van der Waals surface area (Å²) in [7, 11) is 1.20. The molecule has 0 saturated carbocycles. The van der Waals surface area contributed by atoms with Crippen molar-refractivity contribution in [3.8, 4) is 0 Å². The second-order valence-corrected chi connectivity index (χ2v) is 5.24. The Labute approximate surface area is 105 Å². The molecule has 0 radical (unpaired) electrons. The van der Waals surface area contributed by atoms with Crippen molar-refractivity contribution in [1.29, 1.82) is 0 Å². The third kappa shape index (κ3) is 3.07. The van der Waals surface area contributed by atoms with Crippen molar-refractivity contribution in [1.82, 2.24) is 4.90 Å². The van der Waals surface area contributed by atoms with Crippen LogP contribution in [0.15, 0.2) is 0 Å². The first-order valence-corrected chi connectivity index (χ1v) is 7.32. The molecule has 0 N–H and O–H groups in total. The molecule has 0 aromatic carbocycles. The minimum absolute atomic E-state index is 0.0319. The van der Waals surface area contributed by atoms with Gasteiger partial charge in [0.15, 0.2) is 0 Å². The van der Waals surface area contributed by atoms with Crippen molar-refractivity contribution in [3.63, 3.8) is 0 Å². The van der Waals surface area contributed by atoms with Gasteiger partial charge in [0.2, 0.25) is 5.91 Å². The first-order chi connectivity index (χ1) is 7.61. The molecule has 16 heavy (non-hydrogen) atoms. The van der Waals surface area contributed by atoms with Gasteiger partial charge in [-0.1, -0.05) is 10.8 Å². The van der Waals surface area contributed by atoms with Crippen molar-refractivity contribution in [2.24, 2.45) is 0 Å². The largest absolute Gasteiger partial charge is 0.464 e. The molecule has 4 nitrogen and oxygen atoms in total. The Morgan fingerprint density at radius 1 is 1.62 bits per heavy atom. The molecule has 1 amide bonds. The molecule has 2 atom stereocenters. The Morgan fingerprint density at radius 3 is 2.88 bits per heavy atom. The van der Waals surface area contributed by atoms with Gasteiger partial charge in [-0.25, -0.2) is 4.79 Å². The van der Waals surface area contributed by atoms with E-state index in [1.54, 1.807) is 18.7 Å². The van der Waals surface area contributed by atoms with E-state index in [9.17, 15) is 9.59 Å². The van der Waals surface area contributed by atoms with E-state index in [2.05, 4.69) is 11.7 Å². The highest BCUT2D eigenvalue weighted by molar-refractivity contribution is 8.69. The molecule has 1 saturated heterocycles. The topological polar surface area (TPSA) is 46.6 Å². The molecule has 0 spiro atoms.